The maximum absolute atomic E-state index is 11.8. The monoisotopic (exact) mass is 240 g/mol. The Labute approximate surface area is 85.4 Å². The molecule has 0 unspecified atom stereocenters. The van der Waals surface area contributed by atoms with Gasteiger partial charge in [0.1, 0.15) is 5.75 Å². The van der Waals surface area contributed by atoms with Crippen molar-refractivity contribution in [2.24, 2.45) is 0 Å². The molecule has 0 aromatic heterocycles. The van der Waals surface area contributed by atoms with Crippen molar-refractivity contribution in [3.05, 3.63) is 23.8 Å². The molecule has 0 bridgehead atoms. The third kappa shape index (κ3) is 3.43. The summed E-state index contributed by atoms with van der Waals surface area (Å²) in [6, 6.07) is 3.05. The molecule has 7 heteroatoms. The van der Waals surface area contributed by atoms with Crippen LogP contribution in [0.25, 0.3) is 0 Å². The van der Waals surface area contributed by atoms with E-state index in [1.54, 1.807) is 0 Å². The molecule has 0 aliphatic carbocycles. The van der Waals surface area contributed by atoms with Gasteiger partial charge in [0.15, 0.2) is 10.7 Å². The van der Waals surface area contributed by atoms with Crippen LogP contribution in [0, 0.1) is 6.92 Å². The highest BCUT2D eigenvalue weighted by atomic mass is 32.2. The lowest BCUT2D eigenvalue weighted by atomic mass is 10.2. The van der Waals surface area contributed by atoms with E-state index in [1.165, 1.54) is 6.92 Å². The largest absolute Gasteiger partial charge is 0.573 e. The molecule has 0 saturated carbocycles. The van der Waals surface area contributed by atoms with Crippen molar-refractivity contribution in [2.75, 3.05) is 0 Å². The first-order chi connectivity index (χ1) is 6.79. The summed E-state index contributed by atoms with van der Waals surface area (Å²) in [5.74, 6) is -0.430. The highest BCUT2D eigenvalue weighted by Crippen LogP contribution is 2.25. The van der Waals surface area contributed by atoms with Gasteiger partial charge in [0.05, 0.1) is 4.90 Å². The normalized spacial score (nSPS) is 11.8. The molecule has 15 heavy (non-hydrogen) atoms. The van der Waals surface area contributed by atoms with Crippen LogP contribution in [0.15, 0.2) is 23.1 Å². The molecule has 1 rings (SSSR count). The molecule has 1 aromatic carbocycles. The lowest BCUT2D eigenvalue weighted by molar-refractivity contribution is -0.274. The SMILES string of the molecule is Cc1cc(OC(F)(F)F)ccc1[SH](=O)=O. The summed E-state index contributed by atoms with van der Waals surface area (Å²) in [5, 5.41) is 0. The van der Waals surface area contributed by atoms with E-state index in [2.05, 4.69) is 4.74 Å². The fourth-order valence-electron chi connectivity index (χ4n) is 1.03. The van der Waals surface area contributed by atoms with Crippen LogP contribution >= 0.6 is 0 Å². The maximum Gasteiger partial charge on any atom is 0.573 e. The van der Waals surface area contributed by atoms with Crippen molar-refractivity contribution in [3.63, 3.8) is 0 Å². The number of hydrogen-bond donors (Lipinski definition) is 1. The van der Waals surface area contributed by atoms with E-state index < -0.39 is 22.8 Å². The summed E-state index contributed by atoms with van der Waals surface area (Å²) in [4.78, 5) is -0.0143. The predicted molar refractivity (Wildman–Crippen MR) is 46.4 cm³/mol. The van der Waals surface area contributed by atoms with Crippen LogP contribution in [0.1, 0.15) is 5.56 Å². The highest BCUT2D eigenvalue weighted by molar-refractivity contribution is 7.72. The van der Waals surface area contributed by atoms with Gasteiger partial charge >= 0.3 is 6.36 Å². The molecule has 0 radical (unpaired) electrons. The van der Waals surface area contributed by atoms with Crippen LogP contribution in [0.3, 0.4) is 0 Å². The molecule has 0 atom stereocenters. The molecule has 84 valence electrons. The average Bonchev–Trinajstić information content (AvgIpc) is 1.99. The minimum Gasteiger partial charge on any atom is -0.406 e. The van der Waals surface area contributed by atoms with E-state index in [4.69, 9.17) is 0 Å². The summed E-state index contributed by atoms with van der Waals surface area (Å²) >= 11 is 0. The number of ether oxygens (including phenoxy) is 1. The van der Waals surface area contributed by atoms with Crippen molar-refractivity contribution < 1.29 is 26.3 Å². The van der Waals surface area contributed by atoms with E-state index in [-0.39, 0.29) is 10.5 Å². The van der Waals surface area contributed by atoms with Gasteiger partial charge in [0, 0.05) is 0 Å². The van der Waals surface area contributed by atoms with Crippen molar-refractivity contribution in [2.45, 2.75) is 18.2 Å². The molecule has 0 N–H and O–H groups in total. The number of benzene rings is 1. The second-order valence-corrected chi connectivity index (χ2v) is 3.75. The van der Waals surface area contributed by atoms with Crippen LogP contribution in [0.5, 0.6) is 5.75 Å². The second kappa shape index (κ2) is 4.09. The molecular weight excluding hydrogens is 233 g/mol. The first-order valence-electron chi connectivity index (χ1n) is 3.80. The minimum absolute atomic E-state index is 0.0143. The van der Waals surface area contributed by atoms with Gasteiger partial charge in [-0.05, 0) is 30.7 Å². The van der Waals surface area contributed by atoms with E-state index in [0.717, 1.165) is 18.2 Å². The first kappa shape index (κ1) is 11.8. The molecule has 3 nitrogen and oxygen atoms in total. The standard InChI is InChI=1S/C8H7F3O3S/c1-5-4-6(14-8(9,10)11)2-3-7(5)15(12)13/h2-4,15H,1H3. The van der Waals surface area contributed by atoms with Crippen molar-refractivity contribution in [1.29, 1.82) is 0 Å². The third-order valence-corrected chi connectivity index (χ3v) is 2.49. The van der Waals surface area contributed by atoms with E-state index in [0.29, 0.717) is 0 Å². The second-order valence-electron chi connectivity index (χ2n) is 2.75. The van der Waals surface area contributed by atoms with Gasteiger partial charge in [-0.25, -0.2) is 8.42 Å². The first-order valence-corrected chi connectivity index (χ1v) is 4.98. The van der Waals surface area contributed by atoms with Gasteiger partial charge in [-0.15, -0.1) is 13.2 Å². The summed E-state index contributed by atoms with van der Waals surface area (Å²) in [5.41, 5.74) is 0.216. The zero-order valence-electron chi connectivity index (χ0n) is 7.54. The van der Waals surface area contributed by atoms with Crippen LogP contribution < -0.4 is 4.74 Å². The smallest absolute Gasteiger partial charge is 0.406 e. The molecule has 0 spiro atoms. The van der Waals surface area contributed by atoms with Crippen molar-refractivity contribution in [3.8, 4) is 5.75 Å². The molecule has 0 aliphatic heterocycles. The fraction of sp³-hybridized carbons (Fsp3) is 0.250. The van der Waals surface area contributed by atoms with E-state index >= 15 is 0 Å². The summed E-state index contributed by atoms with van der Waals surface area (Å²) < 4.78 is 60.2. The van der Waals surface area contributed by atoms with Gasteiger partial charge in [0.2, 0.25) is 0 Å². The number of hydrogen-bond acceptors (Lipinski definition) is 3. The van der Waals surface area contributed by atoms with Gasteiger partial charge in [-0.2, -0.15) is 0 Å². The van der Waals surface area contributed by atoms with Crippen LogP contribution in [-0.2, 0) is 10.7 Å². The Hall–Kier alpha value is -1.24. The van der Waals surface area contributed by atoms with Gasteiger partial charge in [0.25, 0.3) is 0 Å². The highest BCUT2D eigenvalue weighted by Gasteiger charge is 2.31. The fourth-order valence-corrected chi connectivity index (χ4v) is 1.58. The summed E-state index contributed by atoms with van der Waals surface area (Å²) in [6.07, 6.45) is -4.77. The molecule has 0 amide bonds. The molecule has 0 aliphatic rings. The Morgan fingerprint density at radius 2 is 1.87 bits per heavy atom. The Balaban J connectivity index is 3.02. The van der Waals surface area contributed by atoms with E-state index in [9.17, 15) is 21.6 Å². The van der Waals surface area contributed by atoms with Gasteiger partial charge < -0.3 is 4.74 Å². The Kier molecular flexibility index (Phi) is 3.23. The van der Waals surface area contributed by atoms with Gasteiger partial charge in [-0.1, -0.05) is 0 Å². The zero-order chi connectivity index (χ0) is 11.6. The zero-order valence-corrected chi connectivity index (χ0v) is 8.43. The maximum atomic E-state index is 11.8. The summed E-state index contributed by atoms with van der Waals surface area (Å²) in [6.45, 7) is 1.39. The lowest BCUT2D eigenvalue weighted by Gasteiger charge is -2.09. The minimum atomic E-state index is -4.77. The topological polar surface area (TPSA) is 43.4 Å². The Bertz CT molecular complexity index is 429. The molecular formula is C8H7F3O3S. The number of aryl methyl sites for hydroxylation is 1. The summed E-state index contributed by atoms with van der Waals surface area (Å²) in [7, 11) is -2.80. The van der Waals surface area contributed by atoms with Crippen molar-refractivity contribution in [1.82, 2.24) is 0 Å². The third-order valence-electron chi connectivity index (χ3n) is 1.60. The van der Waals surface area contributed by atoms with E-state index in [1.807, 2.05) is 0 Å². The number of alkyl halides is 3. The molecule has 0 fully saturated rings. The van der Waals surface area contributed by atoms with Crippen LogP contribution in [0.2, 0.25) is 0 Å². The van der Waals surface area contributed by atoms with Crippen LogP contribution in [-0.4, -0.2) is 14.8 Å². The Morgan fingerprint density at radius 1 is 1.27 bits per heavy atom. The molecule has 1 aromatic rings. The average molecular weight is 240 g/mol. The predicted octanol–water partition coefficient (Wildman–Crippen LogP) is 1.86. The molecule has 0 saturated heterocycles. The Morgan fingerprint density at radius 3 is 2.27 bits per heavy atom. The van der Waals surface area contributed by atoms with Gasteiger partial charge in [-0.3, -0.25) is 0 Å². The lowest BCUT2D eigenvalue weighted by Crippen LogP contribution is -2.17. The van der Waals surface area contributed by atoms with Crippen molar-refractivity contribution >= 4 is 10.7 Å². The number of halogens is 3. The quantitative estimate of drug-likeness (QED) is 0.802. The van der Waals surface area contributed by atoms with Crippen LogP contribution in [0.4, 0.5) is 13.2 Å². The number of rotatable bonds is 2. The molecule has 0 heterocycles. The number of thiol groups is 1.